The fourth-order valence-corrected chi connectivity index (χ4v) is 4.56. The first-order valence-electron chi connectivity index (χ1n) is 10.6. The highest BCUT2D eigenvalue weighted by Gasteiger charge is 2.43. The van der Waals surface area contributed by atoms with Gasteiger partial charge in [-0.2, -0.15) is 5.10 Å². The van der Waals surface area contributed by atoms with Crippen LogP contribution in [-0.2, 0) is 6.54 Å². The zero-order valence-corrected chi connectivity index (χ0v) is 17.9. The Morgan fingerprint density at radius 2 is 2.00 bits per heavy atom. The van der Waals surface area contributed by atoms with Crippen LogP contribution in [0, 0.1) is 0 Å². The Hall–Kier alpha value is -2.34. The van der Waals surface area contributed by atoms with Gasteiger partial charge < -0.3 is 14.5 Å². The summed E-state index contributed by atoms with van der Waals surface area (Å²) in [4.78, 5) is 17.6. The van der Waals surface area contributed by atoms with Crippen molar-refractivity contribution in [2.24, 2.45) is 0 Å². The molecule has 0 radical (unpaired) electrons. The van der Waals surface area contributed by atoms with Crippen LogP contribution in [0.3, 0.4) is 0 Å². The van der Waals surface area contributed by atoms with Gasteiger partial charge in [0.05, 0.1) is 6.54 Å². The summed E-state index contributed by atoms with van der Waals surface area (Å²) in [6.45, 7) is 5.34. The number of rotatable bonds is 3. The summed E-state index contributed by atoms with van der Waals surface area (Å²) < 4.78 is 6.63. The van der Waals surface area contributed by atoms with E-state index in [0.29, 0.717) is 30.7 Å². The molecule has 6 heteroatoms. The van der Waals surface area contributed by atoms with Crippen molar-refractivity contribution in [3.63, 3.8) is 0 Å². The van der Waals surface area contributed by atoms with Gasteiger partial charge in [-0.25, -0.2) is 0 Å². The Kier molecular flexibility index (Phi) is 5.38. The van der Waals surface area contributed by atoms with Crippen LogP contribution in [0.25, 0.3) is 0 Å². The van der Waals surface area contributed by atoms with E-state index >= 15 is 0 Å². The predicted molar refractivity (Wildman–Crippen MR) is 113 cm³/mol. The van der Waals surface area contributed by atoms with Crippen molar-refractivity contribution < 1.29 is 9.53 Å². The summed E-state index contributed by atoms with van der Waals surface area (Å²) in [5.74, 6) is 1.20. The minimum Gasteiger partial charge on any atom is -0.485 e. The maximum Gasteiger partial charge on any atom is 0.274 e. The number of aromatic amines is 1. The van der Waals surface area contributed by atoms with Crippen molar-refractivity contribution in [3.8, 4) is 5.75 Å². The zero-order chi connectivity index (χ0) is 20.6. The van der Waals surface area contributed by atoms with Gasteiger partial charge in [-0.05, 0) is 57.8 Å². The number of nitrogens with one attached hydrogen (secondary N) is 1. The third-order valence-electron chi connectivity index (χ3n) is 6.46. The van der Waals surface area contributed by atoms with Gasteiger partial charge in [0.2, 0.25) is 0 Å². The van der Waals surface area contributed by atoms with E-state index < -0.39 is 0 Å². The number of H-pyrrole nitrogens is 1. The van der Waals surface area contributed by atoms with Crippen LogP contribution in [-0.4, -0.2) is 58.2 Å². The third-order valence-corrected chi connectivity index (χ3v) is 6.46. The van der Waals surface area contributed by atoms with Crippen LogP contribution >= 0.6 is 0 Å². The van der Waals surface area contributed by atoms with E-state index in [4.69, 9.17) is 4.74 Å². The Morgan fingerprint density at radius 1 is 1.28 bits per heavy atom. The number of fused-ring (bicyclic) bond motifs is 1. The summed E-state index contributed by atoms with van der Waals surface area (Å²) in [6.07, 6.45) is 4.06. The van der Waals surface area contributed by atoms with Gasteiger partial charge >= 0.3 is 0 Å². The molecule has 1 aromatic carbocycles. The van der Waals surface area contributed by atoms with Gasteiger partial charge in [0.25, 0.3) is 5.91 Å². The molecule has 1 saturated carbocycles. The Bertz CT molecular complexity index is 865. The summed E-state index contributed by atoms with van der Waals surface area (Å²) >= 11 is 0. The maximum absolute atomic E-state index is 13.4. The van der Waals surface area contributed by atoms with Crippen LogP contribution in [0.4, 0.5) is 0 Å². The third kappa shape index (κ3) is 4.04. The van der Waals surface area contributed by atoms with Gasteiger partial charge in [-0.1, -0.05) is 32.0 Å². The van der Waals surface area contributed by atoms with E-state index in [1.54, 1.807) is 0 Å². The molecule has 1 aliphatic carbocycles. The number of amides is 1. The fraction of sp³-hybridized carbons (Fsp3) is 0.565. The summed E-state index contributed by atoms with van der Waals surface area (Å²) in [5, 5.41) is 7.32. The molecule has 0 atom stereocenters. The zero-order valence-electron chi connectivity index (χ0n) is 17.9. The van der Waals surface area contributed by atoms with Crippen molar-refractivity contribution in [1.82, 2.24) is 20.0 Å². The van der Waals surface area contributed by atoms with E-state index in [1.807, 2.05) is 29.2 Å². The molecule has 1 aromatic heterocycles. The summed E-state index contributed by atoms with van der Waals surface area (Å²) in [6, 6.07) is 10.6. The predicted octanol–water partition coefficient (Wildman–Crippen LogP) is 3.81. The number of ether oxygens (including phenoxy) is 1. The number of carbonyl (C=O) groups is 1. The minimum atomic E-state index is -0.327. The SMILES string of the molecule is CC(C)c1cc(C(=O)N2Cc3ccccc3OC3(CCC(N(C)C)CC3)C2)n[nH]1. The summed E-state index contributed by atoms with van der Waals surface area (Å²) in [7, 11) is 4.29. The molecule has 0 saturated heterocycles. The number of hydrogen-bond donors (Lipinski definition) is 1. The summed E-state index contributed by atoms with van der Waals surface area (Å²) in [5.41, 5.74) is 2.21. The molecule has 0 unspecified atom stereocenters. The molecule has 29 heavy (non-hydrogen) atoms. The largest absolute Gasteiger partial charge is 0.485 e. The Balaban J connectivity index is 1.62. The molecule has 1 spiro atoms. The second-order valence-electron chi connectivity index (χ2n) is 9.11. The molecule has 0 bridgehead atoms. The highest BCUT2D eigenvalue weighted by Crippen LogP contribution is 2.39. The van der Waals surface area contributed by atoms with Crippen LogP contribution in [0.5, 0.6) is 5.75 Å². The highest BCUT2D eigenvalue weighted by molar-refractivity contribution is 5.92. The molecule has 2 heterocycles. The molecular weight excluding hydrogens is 364 g/mol. The first-order valence-corrected chi connectivity index (χ1v) is 10.6. The first-order chi connectivity index (χ1) is 13.9. The number of para-hydroxylation sites is 1. The van der Waals surface area contributed by atoms with Crippen molar-refractivity contribution in [2.75, 3.05) is 20.6 Å². The number of hydrogen-bond acceptors (Lipinski definition) is 4. The van der Waals surface area contributed by atoms with Crippen LogP contribution in [0.15, 0.2) is 30.3 Å². The number of aromatic nitrogens is 2. The number of benzene rings is 1. The van der Waals surface area contributed by atoms with Crippen LogP contribution < -0.4 is 4.74 Å². The minimum absolute atomic E-state index is 0.0254. The maximum atomic E-state index is 13.4. The molecule has 1 fully saturated rings. The Labute approximate surface area is 173 Å². The molecular formula is C23H32N4O2. The molecule has 2 aliphatic rings. The standard InChI is InChI=1S/C23H32N4O2/c1-16(2)19-13-20(25-24-19)22(28)27-14-17-7-5-6-8-21(17)29-23(15-27)11-9-18(10-12-23)26(3)4/h5-8,13,16,18H,9-12,14-15H2,1-4H3,(H,24,25). The monoisotopic (exact) mass is 396 g/mol. The topological polar surface area (TPSA) is 61.5 Å². The van der Waals surface area contributed by atoms with Crippen LogP contribution in [0.2, 0.25) is 0 Å². The van der Waals surface area contributed by atoms with Gasteiger partial charge in [-0.3, -0.25) is 9.89 Å². The fourth-order valence-electron chi connectivity index (χ4n) is 4.56. The average molecular weight is 397 g/mol. The van der Waals surface area contributed by atoms with E-state index in [-0.39, 0.29) is 11.5 Å². The van der Waals surface area contributed by atoms with Gasteiger partial charge in [0.1, 0.15) is 17.0 Å². The van der Waals surface area contributed by atoms with Gasteiger partial charge in [-0.15, -0.1) is 0 Å². The van der Waals surface area contributed by atoms with Gasteiger partial charge in [0, 0.05) is 23.8 Å². The second kappa shape index (κ2) is 7.82. The Morgan fingerprint density at radius 3 is 2.66 bits per heavy atom. The smallest absolute Gasteiger partial charge is 0.274 e. The highest BCUT2D eigenvalue weighted by atomic mass is 16.5. The number of nitrogens with zero attached hydrogens (tertiary/aromatic N) is 3. The van der Waals surface area contributed by atoms with Crippen molar-refractivity contribution in [2.45, 2.75) is 63.6 Å². The number of carbonyl (C=O) groups excluding carboxylic acids is 1. The molecule has 4 rings (SSSR count). The first kappa shape index (κ1) is 20.0. The van der Waals surface area contributed by atoms with Gasteiger partial charge in [0.15, 0.2) is 0 Å². The van der Waals surface area contributed by atoms with E-state index in [2.05, 4.69) is 49.1 Å². The molecule has 1 amide bonds. The van der Waals surface area contributed by atoms with Crippen molar-refractivity contribution in [1.29, 1.82) is 0 Å². The lowest BCUT2D eigenvalue weighted by Crippen LogP contribution is -2.51. The quantitative estimate of drug-likeness (QED) is 0.857. The molecule has 1 N–H and O–H groups in total. The second-order valence-corrected chi connectivity index (χ2v) is 9.11. The van der Waals surface area contributed by atoms with Crippen LogP contribution in [0.1, 0.15) is 67.2 Å². The molecule has 156 valence electrons. The van der Waals surface area contributed by atoms with E-state index in [0.717, 1.165) is 42.7 Å². The van der Waals surface area contributed by atoms with Crippen molar-refractivity contribution in [3.05, 3.63) is 47.3 Å². The van der Waals surface area contributed by atoms with Crippen molar-refractivity contribution >= 4 is 5.91 Å². The lowest BCUT2D eigenvalue weighted by molar-refractivity contribution is -0.00940. The molecule has 2 aromatic rings. The lowest BCUT2D eigenvalue weighted by atomic mass is 9.81. The van der Waals surface area contributed by atoms with E-state index in [9.17, 15) is 4.79 Å². The lowest BCUT2D eigenvalue weighted by Gasteiger charge is -2.42. The molecule has 1 aliphatic heterocycles. The molecule has 6 nitrogen and oxygen atoms in total. The average Bonchev–Trinajstić information content (AvgIpc) is 3.13. The normalized spacial score (nSPS) is 24.5. The van der Waals surface area contributed by atoms with E-state index in [1.165, 1.54) is 0 Å².